The highest BCUT2D eigenvalue weighted by Gasteiger charge is 2.21. The predicted molar refractivity (Wildman–Crippen MR) is 94.1 cm³/mol. The van der Waals surface area contributed by atoms with Gasteiger partial charge in [-0.3, -0.25) is 9.59 Å². The van der Waals surface area contributed by atoms with Crippen molar-refractivity contribution in [2.45, 2.75) is 12.8 Å². The van der Waals surface area contributed by atoms with Crippen LogP contribution in [0.15, 0.2) is 48.5 Å². The third kappa shape index (κ3) is 4.18. The van der Waals surface area contributed by atoms with Crippen molar-refractivity contribution in [3.8, 4) is 11.5 Å². The van der Waals surface area contributed by atoms with Gasteiger partial charge in [-0.2, -0.15) is 0 Å². The van der Waals surface area contributed by atoms with Crippen LogP contribution in [-0.2, 0) is 9.59 Å². The number of nitrogens with zero attached hydrogens (tertiary/aromatic N) is 1. The lowest BCUT2D eigenvalue weighted by Gasteiger charge is -2.15. The Labute approximate surface area is 150 Å². The SMILES string of the molecule is NC(=O)COc1ccc(C(=O)Oc2ccc(N3CCCC3=O)cc2)cc1. The maximum absolute atomic E-state index is 12.2. The van der Waals surface area contributed by atoms with Crippen LogP contribution in [0.4, 0.5) is 5.69 Å². The molecule has 2 aromatic rings. The number of hydrogen-bond donors (Lipinski definition) is 1. The predicted octanol–water partition coefficient (Wildman–Crippen LogP) is 1.90. The number of benzene rings is 2. The van der Waals surface area contributed by atoms with Gasteiger partial charge in [0.15, 0.2) is 6.61 Å². The lowest BCUT2D eigenvalue weighted by atomic mass is 10.2. The minimum absolute atomic E-state index is 0.105. The van der Waals surface area contributed by atoms with Crippen molar-refractivity contribution in [1.29, 1.82) is 0 Å². The Balaban J connectivity index is 1.60. The topological polar surface area (TPSA) is 98.9 Å². The standard InChI is InChI=1S/C19H18N2O5/c20-17(22)12-25-15-7-3-13(4-8-15)19(24)26-16-9-5-14(6-10-16)21-11-1-2-18(21)23/h3-10H,1-2,11-12H2,(H2,20,22). The van der Waals surface area contributed by atoms with E-state index in [9.17, 15) is 14.4 Å². The van der Waals surface area contributed by atoms with Gasteiger partial charge in [0.05, 0.1) is 5.56 Å². The van der Waals surface area contributed by atoms with Crippen molar-refractivity contribution in [2.24, 2.45) is 5.73 Å². The van der Waals surface area contributed by atoms with Crippen LogP contribution in [0.1, 0.15) is 23.2 Å². The highest BCUT2D eigenvalue weighted by atomic mass is 16.5. The number of carbonyl (C=O) groups excluding carboxylic acids is 3. The second kappa shape index (κ2) is 7.69. The summed E-state index contributed by atoms with van der Waals surface area (Å²) >= 11 is 0. The Bertz CT molecular complexity index is 815. The molecule has 1 fully saturated rings. The zero-order valence-electron chi connectivity index (χ0n) is 14.0. The van der Waals surface area contributed by atoms with Gasteiger partial charge < -0.3 is 20.1 Å². The smallest absolute Gasteiger partial charge is 0.343 e. The molecular weight excluding hydrogens is 336 g/mol. The molecule has 7 heteroatoms. The van der Waals surface area contributed by atoms with Crippen LogP contribution >= 0.6 is 0 Å². The molecule has 2 N–H and O–H groups in total. The minimum Gasteiger partial charge on any atom is -0.484 e. The van der Waals surface area contributed by atoms with E-state index in [0.29, 0.717) is 30.0 Å². The maximum atomic E-state index is 12.2. The number of amides is 2. The summed E-state index contributed by atoms with van der Waals surface area (Å²) in [7, 11) is 0. The van der Waals surface area contributed by atoms with Gasteiger partial charge in [0.2, 0.25) is 5.91 Å². The summed E-state index contributed by atoms with van der Waals surface area (Å²) in [6.07, 6.45) is 1.42. The molecule has 134 valence electrons. The van der Waals surface area contributed by atoms with Gasteiger partial charge >= 0.3 is 5.97 Å². The molecule has 0 unspecified atom stereocenters. The van der Waals surface area contributed by atoms with E-state index in [1.165, 1.54) is 12.1 Å². The van der Waals surface area contributed by atoms with E-state index in [1.54, 1.807) is 41.3 Å². The largest absolute Gasteiger partial charge is 0.484 e. The van der Waals surface area contributed by atoms with Gasteiger partial charge in [-0.05, 0) is 55.0 Å². The van der Waals surface area contributed by atoms with Crippen LogP contribution in [0.5, 0.6) is 11.5 Å². The van der Waals surface area contributed by atoms with E-state index in [1.807, 2.05) is 0 Å². The van der Waals surface area contributed by atoms with Crippen LogP contribution in [0.2, 0.25) is 0 Å². The van der Waals surface area contributed by atoms with Crippen LogP contribution in [0, 0.1) is 0 Å². The molecule has 0 aliphatic carbocycles. The van der Waals surface area contributed by atoms with Crippen LogP contribution < -0.4 is 20.1 Å². The number of primary amides is 1. The molecule has 3 rings (SSSR count). The fourth-order valence-corrected chi connectivity index (χ4v) is 2.62. The van der Waals surface area contributed by atoms with Gasteiger partial charge in [0, 0.05) is 18.7 Å². The van der Waals surface area contributed by atoms with Crippen molar-refractivity contribution >= 4 is 23.5 Å². The molecule has 0 saturated carbocycles. The molecule has 26 heavy (non-hydrogen) atoms. The monoisotopic (exact) mass is 354 g/mol. The van der Waals surface area contributed by atoms with Gasteiger partial charge in [0.1, 0.15) is 11.5 Å². The highest BCUT2D eigenvalue weighted by molar-refractivity contribution is 5.95. The summed E-state index contributed by atoms with van der Waals surface area (Å²) in [5.41, 5.74) is 6.14. The molecule has 0 aromatic heterocycles. The zero-order valence-corrected chi connectivity index (χ0v) is 14.0. The van der Waals surface area contributed by atoms with Crippen molar-refractivity contribution < 1.29 is 23.9 Å². The zero-order chi connectivity index (χ0) is 18.5. The van der Waals surface area contributed by atoms with Gasteiger partial charge in [-0.1, -0.05) is 0 Å². The molecule has 1 aliphatic rings. The quantitative estimate of drug-likeness (QED) is 0.631. The molecular formula is C19H18N2O5. The van der Waals surface area contributed by atoms with E-state index in [0.717, 1.165) is 12.1 Å². The van der Waals surface area contributed by atoms with E-state index in [-0.39, 0.29) is 12.5 Å². The van der Waals surface area contributed by atoms with E-state index in [4.69, 9.17) is 15.2 Å². The molecule has 2 amide bonds. The van der Waals surface area contributed by atoms with E-state index >= 15 is 0 Å². The van der Waals surface area contributed by atoms with Gasteiger partial charge in [-0.15, -0.1) is 0 Å². The average molecular weight is 354 g/mol. The van der Waals surface area contributed by atoms with Crippen molar-refractivity contribution in [3.63, 3.8) is 0 Å². The number of esters is 1. The molecule has 1 heterocycles. The summed E-state index contributed by atoms with van der Waals surface area (Å²) in [5, 5.41) is 0. The molecule has 1 saturated heterocycles. The third-order valence-corrected chi connectivity index (χ3v) is 3.90. The molecule has 7 nitrogen and oxygen atoms in total. The maximum Gasteiger partial charge on any atom is 0.343 e. The van der Waals surface area contributed by atoms with Gasteiger partial charge in [-0.25, -0.2) is 4.79 Å². The third-order valence-electron chi connectivity index (χ3n) is 3.90. The Hall–Kier alpha value is -3.35. The Morgan fingerprint density at radius 1 is 1.00 bits per heavy atom. The average Bonchev–Trinajstić information content (AvgIpc) is 3.07. The van der Waals surface area contributed by atoms with Crippen LogP contribution in [0.25, 0.3) is 0 Å². The minimum atomic E-state index is -0.576. The lowest BCUT2D eigenvalue weighted by Crippen LogP contribution is -2.23. The number of anilines is 1. The van der Waals surface area contributed by atoms with Gasteiger partial charge in [0.25, 0.3) is 5.91 Å². The normalized spacial score (nSPS) is 13.5. The summed E-state index contributed by atoms with van der Waals surface area (Å²) in [6, 6.07) is 13.0. The second-order valence-corrected chi connectivity index (χ2v) is 5.81. The molecule has 2 aromatic carbocycles. The van der Waals surface area contributed by atoms with Crippen molar-refractivity contribution in [3.05, 3.63) is 54.1 Å². The fourth-order valence-electron chi connectivity index (χ4n) is 2.62. The molecule has 0 atom stereocenters. The number of rotatable bonds is 6. The highest BCUT2D eigenvalue weighted by Crippen LogP contribution is 2.24. The second-order valence-electron chi connectivity index (χ2n) is 5.81. The fraction of sp³-hybridized carbons (Fsp3) is 0.211. The summed E-state index contributed by atoms with van der Waals surface area (Å²) in [5.74, 6) is -0.170. The van der Waals surface area contributed by atoms with Crippen LogP contribution in [0.3, 0.4) is 0 Å². The molecule has 0 radical (unpaired) electrons. The first-order valence-electron chi connectivity index (χ1n) is 8.17. The Kier molecular flexibility index (Phi) is 5.17. The molecule has 1 aliphatic heterocycles. The first-order valence-corrected chi connectivity index (χ1v) is 8.17. The first kappa shape index (κ1) is 17.5. The number of nitrogens with two attached hydrogens (primary N) is 1. The summed E-state index contributed by atoms with van der Waals surface area (Å²) in [4.78, 5) is 36.3. The Morgan fingerprint density at radius 2 is 1.65 bits per heavy atom. The number of ether oxygens (including phenoxy) is 2. The molecule has 0 spiro atoms. The van der Waals surface area contributed by atoms with Crippen molar-refractivity contribution in [2.75, 3.05) is 18.1 Å². The first-order chi connectivity index (χ1) is 12.5. The molecule has 0 bridgehead atoms. The summed E-state index contributed by atoms with van der Waals surface area (Å²) < 4.78 is 10.5. The van der Waals surface area contributed by atoms with E-state index in [2.05, 4.69) is 0 Å². The number of hydrogen-bond acceptors (Lipinski definition) is 5. The summed E-state index contributed by atoms with van der Waals surface area (Å²) in [6.45, 7) is 0.484. The van der Waals surface area contributed by atoms with E-state index < -0.39 is 11.9 Å². The number of carbonyl (C=O) groups is 3. The van der Waals surface area contributed by atoms with Crippen molar-refractivity contribution in [1.82, 2.24) is 0 Å². The van der Waals surface area contributed by atoms with Crippen LogP contribution in [-0.4, -0.2) is 30.9 Å². The Morgan fingerprint density at radius 3 is 2.23 bits per heavy atom. The lowest BCUT2D eigenvalue weighted by molar-refractivity contribution is -0.120.